The van der Waals surface area contributed by atoms with E-state index in [-0.39, 0.29) is 37.7 Å². The van der Waals surface area contributed by atoms with Crippen LogP contribution in [0.1, 0.15) is 40.0 Å². The monoisotopic (exact) mass is 543 g/mol. The Labute approximate surface area is 228 Å². The number of hydrogen-bond acceptors (Lipinski definition) is 8. The molecule has 1 aliphatic heterocycles. The van der Waals surface area contributed by atoms with Crippen molar-refractivity contribution in [2.75, 3.05) is 36.9 Å². The first kappa shape index (κ1) is 29.7. The number of nitrogens with zero attached hydrogens (tertiary/aromatic N) is 1. The van der Waals surface area contributed by atoms with Crippen LogP contribution in [0.3, 0.4) is 0 Å². The van der Waals surface area contributed by atoms with Crippen LogP contribution in [0.25, 0.3) is 0 Å². The number of esters is 1. The first-order valence-electron chi connectivity index (χ1n) is 13.0. The molecule has 1 atom stereocenters. The Kier molecular flexibility index (Phi) is 10.5. The average Bonchev–Trinajstić information content (AvgIpc) is 2.91. The van der Waals surface area contributed by atoms with Crippen molar-refractivity contribution < 1.29 is 38.8 Å². The van der Waals surface area contributed by atoms with Gasteiger partial charge in [0.25, 0.3) is 0 Å². The van der Waals surface area contributed by atoms with Gasteiger partial charge in [0.1, 0.15) is 24.7 Å². The molecule has 2 aromatic rings. The summed E-state index contributed by atoms with van der Waals surface area (Å²) in [5.41, 5.74) is 0.372. The first-order valence-corrected chi connectivity index (χ1v) is 13.0. The molecule has 212 valence electrons. The highest BCUT2D eigenvalue weighted by atomic mass is 16.6. The van der Waals surface area contributed by atoms with Gasteiger partial charge in [0.2, 0.25) is 0 Å². The minimum atomic E-state index is -1.45. The number of piperidine rings is 1. The van der Waals surface area contributed by atoms with E-state index >= 15 is 0 Å². The molecule has 0 bridgehead atoms. The summed E-state index contributed by atoms with van der Waals surface area (Å²) in [6.45, 7) is 6.18. The number of rotatable bonds is 10. The highest BCUT2D eigenvalue weighted by Crippen LogP contribution is 2.27. The Morgan fingerprint density at radius 2 is 1.62 bits per heavy atom. The third-order valence-electron chi connectivity index (χ3n) is 6.55. The van der Waals surface area contributed by atoms with Crippen LogP contribution >= 0.6 is 0 Å². The molecule has 0 aliphatic carbocycles. The molecule has 0 saturated carbocycles. The third-order valence-corrected chi connectivity index (χ3v) is 6.55. The van der Waals surface area contributed by atoms with E-state index < -0.39 is 17.8 Å². The molecular weight excluding hydrogens is 506 g/mol. The molecule has 2 aromatic carbocycles. The molecule has 0 aromatic heterocycles. The van der Waals surface area contributed by atoms with Crippen molar-refractivity contribution in [3.05, 3.63) is 48.5 Å². The Morgan fingerprint density at radius 1 is 1.00 bits per heavy atom. The number of anilines is 2. The van der Waals surface area contributed by atoms with E-state index in [4.69, 9.17) is 14.2 Å². The molecule has 0 radical (unpaired) electrons. The second kappa shape index (κ2) is 13.8. The Bertz CT molecular complexity index is 1140. The van der Waals surface area contributed by atoms with Crippen molar-refractivity contribution in [3.63, 3.8) is 0 Å². The number of likely N-dealkylation sites (tertiary alicyclic amines) is 1. The van der Waals surface area contributed by atoms with Gasteiger partial charge >= 0.3 is 18.1 Å². The molecule has 1 unspecified atom stereocenters. The molecule has 3 rings (SSSR count). The SMILES string of the molecule is CCC(C)(C)C(=O)OCCOC(=O)Nc1cccc(Oc2cccc(NC(=O)N3CCCC(C(O)O)C3)c2)c1. The zero-order chi connectivity index (χ0) is 28.4. The lowest BCUT2D eigenvalue weighted by molar-refractivity contribution is -0.155. The van der Waals surface area contributed by atoms with Gasteiger partial charge in [-0.25, -0.2) is 9.59 Å². The molecule has 4 N–H and O–H groups in total. The van der Waals surface area contributed by atoms with E-state index in [0.29, 0.717) is 48.7 Å². The van der Waals surface area contributed by atoms with Crippen LogP contribution in [0.15, 0.2) is 48.5 Å². The number of aliphatic hydroxyl groups excluding tert-OH is 1. The highest BCUT2D eigenvalue weighted by Gasteiger charge is 2.28. The number of urea groups is 1. The molecule has 0 spiro atoms. The first-order chi connectivity index (χ1) is 18.6. The van der Waals surface area contributed by atoms with Gasteiger partial charge < -0.3 is 34.6 Å². The van der Waals surface area contributed by atoms with Crippen molar-refractivity contribution in [3.8, 4) is 11.5 Å². The summed E-state index contributed by atoms with van der Waals surface area (Å²) < 4.78 is 16.1. The van der Waals surface area contributed by atoms with Crippen LogP contribution < -0.4 is 15.4 Å². The summed E-state index contributed by atoms with van der Waals surface area (Å²) in [6, 6.07) is 13.2. The standard InChI is InChI=1S/C28H37N3O8/c1-4-28(2,3)25(34)37-14-15-38-27(36)30-21-10-6-12-23(17-21)39-22-11-5-9-20(16-22)29-26(35)31-13-7-8-19(18-31)24(32)33/h5-6,9-12,16-17,19,24,32-33H,4,7-8,13-15,18H2,1-3H3,(H,29,35)(H,30,36). The summed E-state index contributed by atoms with van der Waals surface area (Å²) in [7, 11) is 0. The summed E-state index contributed by atoms with van der Waals surface area (Å²) in [5.74, 6) is 0.201. The van der Waals surface area contributed by atoms with E-state index in [2.05, 4.69) is 10.6 Å². The van der Waals surface area contributed by atoms with Gasteiger partial charge in [-0.2, -0.15) is 0 Å². The molecule has 1 aliphatic rings. The fourth-order valence-corrected chi connectivity index (χ4v) is 3.81. The summed E-state index contributed by atoms with van der Waals surface area (Å²) in [6.07, 6.45) is -0.158. The molecule has 1 fully saturated rings. The molecule has 11 nitrogen and oxygen atoms in total. The number of benzene rings is 2. The number of nitrogens with one attached hydrogen (secondary N) is 2. The van der Waals surface area contributed by atoms with Crippen molar-refractivity contribution in [1.82, 2.24) is 4.90 Å². The van der Waals surface area contributed by atoms with Crippen LogP contribution in [-0.4, -0.2) is 65.8 Å². The second-order valence-corrected chi connectivity index (χ2v) is 9.98. The van der Waals surface area contributed by atoms with Crippen LogP contribution in [0.2, 0.25) is 0 Å². The maximum atomic E-state index is 12.7. The lowest BCUT2D eigenvalue weighted by Gasteiger charge is -2.33. The number of carbonyl (C=O) groups is 3. The fourth-order valence-electron chi connectivity index (χ4n) is 3.81. The Hall–Kier alpha value is -3.83. The quantitative estimate of drug-likeness (QED) is 0.194. The van der Waals surface area contributed by atoms with E-state index in [1.165, 1.54) is 0 Å². The number of carbonyl (C=O) groups excluding carboxylic acids is 3. The molecule has 3 amide bonds. The Balaban J connectivity index is 1.49. The molecular formula is C28H37N3O8. The molecule has 1 saturated heterocycles. The normalized spacial score (nSPS) is 15.4. The average molecular weight is 544 g/mol. The zero-order valence-electron chi connectivity index (χ0n) is 22.5. The summed E-state index contributed by atoms with van der Waals surface area (Å²) >= 11 is 0. The highest BCUT2D eigenvalue weighted by molar-refractivity contribution is 5.89. The maximum absolute atomic E-state index is 12.7. The van der Waals surface area contributed by atoms with Crippen LogP contribution in [0, 0.1) is 11.3 Å². The van der Waals surface area contributed by atoms with Gasteiger partial charge in [0.05, 0.1) is 5.41 Å². The smallest absolute Gasteiger partial charge is 0.411 e. The van der Waals surface area contributed by atoms with Crippen molar-refractivity contribution in [2.24, 2.45) is 11.3 Å². The molecule has 11 heteroatoms. The van der Waals surface area contributed by atoms with Crippen molar-refractivity contribution in [1.29, 1.82) is 0 Å². The van der Waals surface area contributed by atoms with Gasteiger partial charge in [-0.05, 0) is 57.4 Å². The zero-order valence-corrected chi connectivity index (χ0v) is 22.5. The number of aliphatic hydroxyl groups is 2. The number of amides is 3. The van der Waals surface area contributed by atoms with Gasteiger partial charge in [-0.3, -0.25) is 10.1 Å². The Morgan fingerprint density at radius 3 is 2.23 bits per heavy atom. The third kappa shape index (κ3) is 9.15. The lowest BCUT2D eigenvalue weighted by Crippen LogP contribution is -2.45. The van der Waals surface area contributed by atoms with Gasteiger partial charge in [-0.15, -0.1) is 0 Å². The minimum Gasteiger partial charge on any atom is -0.462 e. The lowest BCUT2D eigenvalue weighted by atomic mass is 9.91. The second-order valence-electron chi connectivity index (χ2n) is 9.98. The maximum Gasteiger partial charge on any atom is 0.411 e. The van der Waals surface area contributed by atoms with E-state index in [9.17, 15) is 24.6 Å². The molecule has 1 heterocycles. The van der Waals surface area contributed by atoms with Crippen LogP contribution in [0.5, 0.6) is 11.5 Å². The van der Waals surface area contributed by atoms with Crippen molar-refractivity contribution in [2.45, 2.75) is 46.3 Å². The minimum absolute atomic E-state index is 0.0343. The van der Waals surface area contributed by atoms with Crippen LogP contribution in [0.4, 0.5) is 21.0 Å². The predicted molar refractivity (Wildman–Crippen MR) is 145 cm³/mol. The summed E-state index contributed by atoms with van der Waals surface area (Å²) in [4.78, 5) is 38.3. The van der Waals surface area contributed by atoms with Gasteiger partial charge in [0, 0.05) is 42.5 Å². The van der Waals surface area contributed by atoms with E-state index in [1.807, 2.05) is 6.92 Å². The summed E-state index contributed by atoms with van der Waals surface area (Å²) in [5, 5.41) is 24.3. The van der Waals surface area contributed by atoms with Crippen molar-refractivity contribution >= 4 is 29.5 Å². The van der Waals surface area contributed by atoms with Crippen LogP contribution in [-0.2, 0) is 14.3 Å². The largest absolute Gasteiger partial charge is 0.462 e. The van der Waals surface area contributed by atoms with Gasteiger partial charge in [-0.1, -0.05) is 19.1 Å². The fraction of sp³-hybridized carbons (Fsp3) is 0.464. The van der Waals surface area contributed by atoms with Gasteiger partial charge in [0.15, 0.2) is 6.29 Å². The number of ether oxygens (including phenoxy) is 3. The van der Waals surface area contributed by atoms with E-state index in [1.54, 1.807) is 67.3 Å². The number of hydrogen-bond donors (Lipinski definition) is 4. The topological polar surface area (TPSA) is 147 Å². The predicted octanol–water partition coefficient (Wildman–Crippen LogP) is 4.56. The van der Waals surface area contributed by atoms with E-state index in [0.717, 1.165) is 0 Å². The molecule has 39 heavy (non-hydrogen) atoms.